The molecule has 0 aliphatic carbocycles. The molecule has 0 fully saturated rings. The molecule has 33 heavy (non-hydrogen) atoms. The first-order valence-corrected chi connectivity index (χ1v) is 9.69. The van der Waals surface area contributed by atoms with E-state index < -0.39 is 24.4 Å². The predicted molar refractivity (Wildman–Crippen MR) is 110 cm³/mol. The van der Waals surface area contributed by atoms with Crippen molar-refractivity contribution in [3.63, 3.8) is 0 Å². The first-order chi connectivity index (χ1) is 15.6. The van der Waals surface area contributed by atoms with Crippen LogP contribution in [0.1, 0.15) is 21.7 Å². The SMILES string of the molecule is COc1cc(-c2nc(Cc3cc4cn[nH]c4cc3F)n(C)n2)ccc1C(=O)NCC(F)(F)F. The van der Waals surface area contributed by atoms with Crippen molar-refractivity contribution in [2.24, 2.45) is 7.05 Å². The van der Waals surface area contributed by atoms with E-state index in [0.717, 1.165) is 5.39 Å². The largest absolute Gasteiger partial charge is 0.496 e. The van der Waals surface area contributed by atoms with Crippen molar-refractivity contribution in [2.75, 3.05) is 13.7 Å². The monoisotopic (exact) mass is 462 g/mol. The van der Waals surface area contributed by atoms with Gasteiger partial charge in [-0.1, -0.05) is 6.07 Å². The van der Waals surface area contributed by atoms with Crippen molar-refractivity contribution in [3.8, 4) is 17.1 Å². The van der Waals surface area contributed by atoms with Gasteiger partial charge < -0.3 is 10.1 Å². The Kier molecular flexibility index (Phi) is 5.75. The Morgan fingerprint density at radius 1 is 1.24 bits per heavy atom. The summed E-state index contributed by atoms with van der Waals surface area (Å²) in [5.41, 5.74) is 1.42. The fraction of sp³-hybridized carbons (Fsp3) is 0.238. The first kappa shape index (κ1) is 22.2. The van der Waals surface area contributed by atoms with Crippen molar-refractivity contribution in [1.29, 1.82) is 0 Å². The lowest BCUT2D eigenvalue weighted by Gasteiger charge is -2.11. The molecule has 0 radical (unpaired) electrons. The molecular weight excluding hydrogens is 444 g/mol. The smallest absolute Gasteiger partial charge is 0.405 e. The van der Waals surface area contributed by atoms with Gasteiger partial charge in [0.25, 0.3) is 5.91 Å². The summed E-state index contributed by atoms with van der Waals surface area (Å²) in [6.45, 7) is -1.46. The number of nitrogens with zero attached hydrogens (tertiary/aromatic N) is 4. The first-order valence-electron chi connectivity index (χ1n) is 9.69. The molecule has 2 aromatic heterocycles. The van der Waals surface area contributed by atoms with E-state index in [0.29, 0.717) is 22.5 Å². The normalized spacial score (nSPS) is 11.7. The number of halogens is 4. The van der Waals surface area contributed by atoms with E-state index in [-0.39, 0.29) is 23.6 Å². The standard InChI is InChI=1S/C21H18F4N6O2/c1-31-18(7-12-5-13-9-27-29-16(13)8-15(12)22)28-19(30-31)11-3-4-14(17(6-11)33-2)20(32)26-10-21(23,24)25/h3-6,8-9H,7,10H2,1-2H3,(H,26,32)(H,27,29). The lowest BCUT2D eigenvalue weighted by atomic mass is 10.1. The molecule has 0 saturated carbocycles. The van der Waals surface area contributed by atoms with Crippen LogP contribution < -0.4 is 10.1 Å². The second-order valence-electron chi connectivity index (χ2n) is 7.27. The number of methoxy groups -OCH3 is 1. The van der Waals surface area contributed by atoms with Crippen LogP contribution in [0.2, 0.25) is 0 Å². The number of amides is 1. The number of aryl methyl sites for hydroxylation is 1. The number of alkyl halides is 3. The number of nitrogens with one attached hydrogen (secondary N) is 2. The summed E-state index contributed by atoms with van der Waals surface area (Å²) in [6.07, 6.45) is -2.76. The van der Waals surface area contributed by atoms with Crippen molar-refractivity contribution in [2.45, 2.75) is 12.6 Å². The Morgan fingerprint density at radius 2 is 2.03 bits per heavy atom. The molecule has 0 aliphatic heterocycles. The minimum Gasteiger partial charge on any atom is -0.496 e. The molecule has 0 saturated heterocycles. The molecule has 0 aliphatic rings. The van der Waals surface area contributed by atoms with Gasteiger partial charge in [-0.25, -0.2) is 9.37 Å². The molecule has 0 bridgehead atoms. The van der Waals surface area contributed by atoms with E-state index in [1.54, 1.807) is 19.3 Å². The number of benzene rings is 2. The van der Waals surface area contributed by atoms with Crippen LogP contribution in [0.15, 0.2) is 36.5 Å². The third-order valence-electron chi connectivity index (χ3n) is 4.96. The molecule has 2 heterocycles. The van der Waals surface area contributed by atoms with Crippen LogP contribution in [-0.2, 0) is 13.5 Å². The quantitative estimate of drug-likeness (QED) is 0.428. The van der Waals surface area contributed by atoms with Crippen molar-refractivity contribution in [1.82, 2.24) is 30.3 Å². The van der Waals surface area contributed by atoms with E-state index in [1.807, 2.05) is 5.32 Å². The van der Waals surface area contributed by atoms with Crippen molar-refractivity contribution < 1.29 is 27.1 Å². The lowest BCUT2D eigenvalue weighted by molar-refractivity contribution is -0.123. The summed E-state index contributed by atoms with van der Waals surface area (Å²) in [6, 6.07) is 7.34. The van der Waals surface area contributed by atoms with Gasteiger partial charge in [-0.05, 0) is 29.8 Å². The maximum absolute atomic E-state index is 14.5. The Morgan fingerprint density at radius 3 is 2.76 bits per heavy atom. The number of aromatic nitrogens is 5. The Bertz CT molecular complexity index is 1330. The maximum Gasteiger partial charge on any atom is 0.405 e. The van der Waals surface area contributed by atoms with Crippen molar-refractivity contribution in [3.05, 3.63) is 59.3 Å². The highest BCUT2D eigenvalue weighted by Gasteiger charge is 2.28. The Hall–Kier alpha value is -3.96. The van der Waals surface area contributed by atoms with E-state index in [9.17, 15) is 22.4 Å². The topological polar surface area (TPSA) is 97.7 Å². The number of hydrogen-bond donors (Lipinski definition) is 2. The number of aromatic amines is 1. The lowest BCUT2D eigenvalue weighted by Crippen LogP contribution is -2.33. The molecule has 12 heteroatoms. The fourth-order valence-electron chi connectivity index (χ4n) is 3.30. The summed E-state index contributed by atoms with van der Waals surface area (Å²) in [5.74, 6) is -0.490. The average molecular weight is 462 g/mol. The third kappa shape index (κ3) is 4.78. The number of hydrogen-bond acceptors (Lipinski definition) is 5. The highest BCUT2D eigenvalue weighted by Crippen LogP contribution is 2.27. The molecule has 0 spiro atoms. The minimum absolute atomic E-state index is 0.0582. The summed E-state index contributed by atoms with van der Waals surface area (Å²) in [7, 11) is 2.96. The second-order valence-corrected chi connectivity index (χ2v) is 7.27. The molecule has 4 rings (SSSR count). The maximum atomic E-state index is 14.5. The van der Waals surface area contributed by atoms with Crippen LogP contribution in [0.3, 0.4) is 0 Å². The number of rotatable bonds is 6. The molecular formula is C21H18F4N6O2. The molecule has 172 valence electrons. The fourth-order valence-corrected chi connectivity index (χ4v) is 3.30. The van der Waals surface area contributed by atoms with E-state index >= 15 is 0 Å². The second kappa shape index (κ2) is 8.52. The van der Waals surface area contributed by atoms with Crippen LogP contribution in [0, 0.1) is 5.82 Å². The van der Waals surface area contributed by atoms with Crippen LogP contribution in [0.25, 0.3) is 22.3 Å². The summed E-state index contributed by atoms with van der Waals surface area (Å²) >= 11 is 0. The summed E-state index contributed by atoms with van der Waals surface area (Å²) < 4.78 is 58.3. The van der Waals surface area contributed by atoms with Gasteiger partial charge in [-0.3, -0.25) is 14.6 Å². The van der Waals surface area contributed by atoms with E-state index in [1.165, 1.54) is 36.1 Å². The molecule has 0 unspecified atom stereocenters. The molecule has 0 atom stereocenters. The zero-order valence-corrected chi connectivity index (χ0v) is 17.5. The molecule has 1 amide bonds. The highest BCUT2D eigenvalue weighted by molar-refractivity contribution is 5.97. The van der Waals surface area contributed by atoms with Crippen LogP contribution in [0.4, 0.5) is 17.6 Å². The van der Waals surface area contributed by atoms with Gasteiger partial charge in [0.05, 0.1) is 24.4 Å². The number of H-pyrrole nitrogens is 1. The van der Waals surface area contributed by atoms with Gasteiger partial charge in [0, 0.05) is 24.4 Å². The van der Waals surface area contributed by atoms with Crippen LogP contribution in [-0.4, -0.2) is 50.7 Å². The average Bonchev–Trinajstić information content (AvgIpc) is 3.37. The Labute approximate surface area is 184 Å². The van der Waals surface area contributed by atoms with Gasteiger partial charge in [0.1, 0.15) is 23.9 Å². The number of fused-ring (bicyclic) bond motifs is 1. The third-order valence-corrected chi connectivity index (χ3v) is 4.96. The molecule has 2 N–H and O–H groups in total. The Balaban J connectivity index is 1.59. The summed E-state index contributed by atoms with van der Waals surface area (Å²) in [5, 5.41) is 13.5. The predicted octanol–water partition coefficient (Wildman–Crippen LogP) is 3.39. The van der Waals surface area contributed by atoms with E-state index in [2.05, 4.69) is 20.3 Å². The number of carbonyl (C=O) groups is 1. The molecule has 8 nitrogen and oxygen atoms in total. The molecule has 4 aromatic rings. The zero-order chi connectivity index (χ0) is 23.8. The number of carbonyl (C=O) groups excluding carboxylic acids is 1. The van der Waals surface area contributed by atoms with Gasteiger partial charge in [-0.15, -0.1) is 0 Å². The zero-order valence-electron chi connectivity index (χ0n) is 17.5. The van der Waals surface area contributed by atoms with Gasteiger partial charge >= 0.3 is 6.18 Å². The van der Waals surface area contributed by atoms with Gasteiger partial charge in [0.2, 0.25) is 0 Å². The van der Waals surface area contributed by atoms with Crippen LogP contribution in [0.5, 0.6) is 5.75 Å². The van der Waals surface area contributed by atoms with Crippen molar-refractivity contribution >= 4 is 16.8 Å². The van der Waals surface area contributed by atoms with Crippen LogP contribution >= 0.6 is 0 Å². The minimum atomic E-state index is -4.53. The highest BCUT2D eigenvalue weighted by atomic mass is 19.4. The van der Waals surface area contributed by atoms with E-state index in [4.69, 9.17) is 4.74 Å². The number of ether oxygens (including phenoxy) is 1. The molecule has 2 aromatic carbocycles. The van der Waals surface area contributed by atoms with Gasteiger partial charge in [0.15, 0.2) is 5.82 Å². The van der Waals surface area contributed by atoms with Gasteiger partial charge in [-0.2, -0.15) is 23.4 Å². The summed E-state index contributed by atoms with van der Waals surface area (Å²) in [4.78, 5) is 16.6.